The number of para-hydroxylation sites is 1. The Hall–Kier alpha value is -2.08. The highest BCUT2D eigenvalue weighted by Crippen LogP contribution is 2.30. The summed E-state index contributed by atoms with van der Waals surface area (Å²) in [6, 6.07) is 7.81. The lowest BCUT2D eigenvalue weighted by Crippen LogP contribution is -2.49. The van der Waals surface area contributed by atoms with Crippen LogP contribution in [0.3, 0.4) is 0 Å². The van der Waals surface area contributed by atoms with E-state index in [4.69, 9.17) is 4.74 Å². The zero-order valence-electron chi connectivity index (χ0n) is 16.2. The molecule has 6 nitrogen and oxygen atoms in total. The van der Waals surface area contributed by atoms with E-state index in [0.29, 0.717) is 26.1 Å². The van der Waals surface area contributed by atoms with Crippen molar-refractivity contribution >= 4 is 11.8 Å². The van der Waals surface area contributed by atoms with Crippen LogP contribution in [0.5, 0.6) is 5.75 Å². The maximum absolute atomic E-state index is 12.8. The Morgan fingerprint density at radius 3 is 2.78 bits per heavy atom. The number of nitrogens with zero attached hydrogens (tertiary/aromatic N) is 1. The summed E-state index contributed by atoms with van der Waals surface area (Å²) in [5.41, 5.74) is 1.02. The van der Waals surface area contributed by atoms with Gasteiger partial charge < -0.3 is 20.3 Å². The predicted molar refractivity (Wildman–Crippen MR) is 105 cm³/mol. The standard InChI is InChI=1S/C21H31N3O3/c1-27-19-10-6-5-9-17(19)18-15-22-13-14-24(18)20(25)11-12-23-21(26)16-7-3-2-4-8-16/h5-6,9-10,16,18,22H,2-4,7-8,11-15H2,1H3,(H,23,26). The van der Waals surface area contributed by atoms with Crippen LogP contribution in [0.15, 0.2) is 24.3 Å². The van der Waals surface area contributed by atoms with Gasteiger partial charge in [0.05, 0.1) is 13.2 Å². The lowest BCUT2D eigenvalue weighted by molar-refractivity contribution is -0.134. The van der Waals surface area contributed by atoms with E-state index in [2.05, 4.69) is 10.6 Å². The molecule has 1 saturated heterocycles. The number of hydrogen-bond donors (Lipinski definition) is 2. The average molecular weight is 373 g/mol. The molecule has 1 heterocycles. The van der Waals surface area contributed by atoms with Crippen LogP contribution in [-0.4, -0.2) is 50.0 Å². The molecule has 1 unspecified atom stereocenters. The van der Waals surface area contributed by atoms with Crippen LogP contribution in [0.25, 0.3) is 0 Å². The van der Waals surface area contributed by atoms with Gasteiger partial charge in [-0.25, -0.2) is 0 Å². The smallest absolute Gasteiger partial charge is 0.224 e. The molecule has 1 aromatic rings. The largest absolute Gasteiger partial charge is 0.496 e. The van der Waals surface area contributed by atoms with E-state index in [1.807, 2.05) is 29.2 Å². The number of methoxy groups -OCH3 is 1. The molecule has 2 N–H and O–H groups in total. The SMILES string of the molecule is COc1ccccc1C1CNCCN1C(=O)CCNC(=O)C1CCCCC1. The van der Waals surface area contributed by atoms with Crippen molar-refractivity contribution in [2.75, 3.05) is 33.3 Å². The third kappa shape index (κ3) is 5.01. The number of amides is 2. The fourth-order valence-corrected chi connectivity index (χ4v) is 4.17. The van der Waals surface area contributed by atoms with Crippen LogP contribution < -0.4 is 15.4 Å². The van der Waals surface area contributed by atoms with E-state index in [1.54, 1.807) is 7.11 Å². The van der Waals surface area contributed by atoms with Crippen molar-refractivity contribution in [2.24, 2.45) is 5.92 Å². The van der Waals surface area contributed by atoms with Gasteiger partial charge in [0.1, 0.15) is 5.75 Å². The van der Waals surface area contributed by atoms with Crippen molar-refractivity contribution in [3.8, 4) is 5.75 Å². The second-order valence-corrected chi connectivity index (χ2v) is 7.42. The molecule has 0 bridgehead atoms. The maximum atomic E-state index is 12.8. The van der Waals surface area contributed by atoms with Gasteiger partial charge in [0.2, 0.25) is 11.8 Å². The molecule has 0 radical (unpaired) electrons. The molecule has 1 aliphatic carbocycles. The lowest BCUT2D eigenvalue weighted by atomic mass is 9.89. The van der Waals surface area contributed by atoms with Crippen molar-refractivity contribution in [3.05, 3.63) is 29.8 Å². The summed E-state index contributed by atoms with van der Waals surface area (Å²) in [5, 5.41) is 6.34. The lowest BCUT2D eigenvalue weighted by Gasteiger charge is -2.37. The van der Waals surface area contributed by atoms with Crippen molar-refractivity contribution < 1.29 is 14.3 Å². The molecule has 148 valence electrons. The van der Waals surface area contributed by atoms with Crippen LogP contribution in [0, 0.1) is 5.92 Å². The summed E-state index contributed by atoms with van der Waals surface area (Å²) in [4.78, 5) is 27.0. The summed E-state index contributed by atoms with van der Waals surface area (Å²) in [5.74, 6) is 1.13. The molecule has 2 fully saturated rings. The molecular weight excluding hydrogens is 342 g/mol. The summed E-state index contributed by atoms with van der Waals surface area (Å²) < 4.78 is 5.48. The first-order valence-corrected chi connectivity index (χ1v) is 10.1. The molecule has 1 saturated carbocycles. The Kier molecular flexibility index (Phi) is 7.10. The zero-order valence-corrected chi connectivity index (χ0v) is 16.2. The van der Waals surface area contributed by atoms with Crippen LogP contribution in [0.2, 0.25) is 0 Å². The average Bonchev–Trinajstić information content (AvgIpc) is 2.74. The number of rotatable bonds is 6. The Labute approximate surface area is 161 Å². The van der Waals surface area contributed by atoms with E-state index in [0.717, 1.165) is 43.5 Å². The van der Waals surface area contributed by atoms with E-state index >= 15 is 0 Å². The van der Waals surface area contributed by atoms with Crippen molar-refractivity contribution in [1.82, 2.24) is 15.5 Å². The first-order chi connectivity index (χ1) is 13.2. The Balaban J connectivity index is 1.56. The quantitative estimate of drug-likeness (QED) is 0.802. The van der Waals surface area contributed by atoms with E-state index < -0.39 is 0 Å². The fourth-order valence-electron chi connectivity index (χ4n) is 4.17. The van der Waals surface area contributed by atoms with Crippen LogP contribution in [-0.2, 0) is 9.59 Å². The van der Waals surface area contributed by atoms with E-state index in [1.165, 1.54) is 6.42 Å². The van der Waals surface area contributed by atoms with Gasteiger partial charge in [0.25, 0.3) is 0 Å². The minimum atomic E-state index is -0.0450. The molecule has 1 aromatic carbocycles. The van der Waals surface area contributed by atoms with Gasteiger partial charge in [-0.15, -0.1) is 0 Å². The van der Waals surface area contributed by atoms with Gasteiger partial charge in [0.15, 0.2) is 0 Å². The first-order valence-electron chi connectivity index (χ1n) is 10.1. The molecule has 0 spiro atoms. The first kappa shape index (κ1) is 19.7. The van der Waals surface area contributed by atoms with Gasteiger partial charge in [-0.2, -0.15) is 0 Å². The number of nitrogens with one attached hydrogen (secondary N) is 2. The van der Waals surface area contributed by atoms with Crippen molar-refractivity contribution in [2.45, 2.75) is 44.6 Å². The van der Waals surface area contributed by atoms with Gasteiger partial charge >= 0.3 is 0 Å². The van der Waals surface area contributed by atoms with Gasteiger partial charge in [0, 0.05) is 44.1 Å². The number of benzene rings is 1. The minimum absolute atomic E-state index is 0.0450. The third-order valence-corrected chi connectivity index (χ3v) is 5.68. The topological polar surface area (TPSA) is 70.7 Å². The highest BCUT2D eigenvalue weighted by Gasteiger charge is 2.29. The number of carbonyl (C=O) groups is 2. The monoisotopic (exact) mass is 373 g/mol. The molecule has 1 atom stereocenters. The molecule has 0 aromatic heterocycles. The summed E-state index contributed by atoms with van der Waals surface area (Å²) in [6.45, 7) is 2.57. The van der Waals surface area contributed by atoms with Gasteiger partial charge in [-0.05, 0) is 18.9 Å². The fraction of sp³-hybridized carbons (Fsp3) is 0.619. The maximum Gasteiger partial charge on any atom is 0.224 e. The van der Waals surface area contributed by atoms with Crippen LogP contribution >= 0.6 is 0 Å². The number of hydrogen-bond acceptors (Lipinski definition) is 4. The molecule has 2 aliphatic rings. The summed E-state index contributed by atoms with van der Waals surface area (Å²) in [7, 11) is 1.65. The number of piperazine rings is 1. The second kappa shape index (κ2) is 9.74. The third-order valence-electron chi connectivity index (χ3n) is 5.68. The van der Waals surface area contributed by atoms with Crippen LogP contribution in [0.4, 0.5) is 0 Å². The Morgan fingerprint density at radius 1 is 1.22 bits per heavy atom. The second-order valence-electron chi connectivity index (χ2n) is 7.42. The Morgan fingerprint density at radius 2 is 2.00 bits per heavy atom. The normalized spacial score (nSPS) is 20.9. The zero-order chi connectivity index (χ0) is 19.1. The molecule has 6 heteroatoms. The van der Waals surface area contributed by atoms with E-state index in [9.17, 15) is 9.59 Å². The molecule has 27 heavy (non-hydrogen) atoms. The van der Waals surface area contributed by atoms with Crippen molar-refractivity contribution in [3.63, 3.8) is 0 Å². The van der Waals surface area contributed by atoms with Gasteiger partial charge in [-0.3, -0.25) is 9.59 Å². The molecular formula is C21H31N3O3. The highest BCUT2D eigenvalue weighted by atomic mass is 16.5. The summed E-state index contributed by atoms with van der Waals surface area (Å²) >= 11 is 0. The Bertz CT molecular complexity index is 643. The van der Waals surface area contributed by atoms with E-state index in [-0.39, 0.29) is 23.8 Å². The molecule has 1 aliphatic heterocycles. The van der Waals surface area contributed by atoms with Crippen LogP contribution in [0.1, 0.15) is 50.1 Å². The summed E-state index contributed by atoms with van der Waals surface area (Å²) in [6.07, 6.45) is 5.80. The molecule has 2 amide bonds. The van der Waals surface area contributed by atoms with Crippen molar-refractivity contribution in [1.29, 1.82) is 0 Å². The minimum Gasteiger partial charge on any atom is -0.496 e. The predicted octanol–water partition coefficient (Wildman–Crippen LogP) is 2.25. The number of ether oxygens (including phenoxy) is 1. The molecule has 3 rings (SSSR count). The van der Waals surface area contributed by atoms with Gasteiger partial charge in [-0.1, -0.05) is 37.5 Å². The number of carbonyl (C=O) groups excluding carboxylic acids is 2. The highest BCUT2D eigenvalue weighted by molar-refractivity contribution is 5.81.